The number of hydrogen-bond donors (Lipinski definition) is 1. The Kier molecular flexibility index (Phi) is 4.06. The van der Waals surface area contributed by atoms with E-state index in [9.17, 15) is 8.42 Å². The van der Waals surface area contributed by atoms with Crippen LogP contribution < -0.4 is 9.46 Å². The Hall–Kier alpha value is -1.60. The number of aromatic nitrogens is 1. The quantitative estimate of drug-likeness (QED) is 0.927. The summed E-state index contributed by atoms with van der Waals surface area (Å²) in [4.78, 5) is 4.11. The van der Waals surface area contributed by atoms with Crippen LogP contribution in [-0.4, -0.2) is 20.5 Å². The monoisotopic (exact) mass is 342 g/mol. The topological polar surface area (TPSA) is 68.3 Å². The number of nitrogens with zero attached hydrogens (tertiary/aromatic N) is 1. The minimum absolute atomic E-state index is 0.151. The molecule has 19 heavy (non-hydrogen) atoms. The molecule has 1 heterocycles. The molecule has 5 nitrogen and oxygen atoms in total. The van der Waals surface area contributed by atoms with Crippen LogP contribution in [0.2, 0.25) is 0 Å². The Balaban J connectivity index is 2.24. The lowest BCUT2D eigenvalue weighted by Crippen LogP contribution is -2.13. The molecule has 0 aliphatic heterocycles. The summed E-state index contributed by atoms with van der Waals surface area (Å²) in [7, 11) is -2.11. The van der Waals surface area contributed by atoms with Crippen molar-refractivity contribution in [2.75, 3.05) is 11.8 Å². The second-order valence-corrected chi connectivity index (χ2v) is 6.24. The second-order valence-electron chi connectivity index (χ2n) is 3.64. The number of hydrogen-bond acceptors (Lipinski definition) is 4. The lowest BCUT2D eigenvalue weighted by Gasteiger charge is -2.07. The number of halogens is 1. The molecular weight excluding hydrogens is 332 g/mol. The van der Waals surface area contributed by atoms with Crippen LogP contribution in [0.25, 0.3) is 0 Å². The van der Waals surface area contributed by atoms with Gasteiger partial charge in [0.15, 0.2) is 0 Å². The van der Waals surface area contributed by atoms with E-state index >= 15 is 0 Å². The van der Waals surface area contributed by atoms with Crippen molar-refractivity contribution < 1.29 is 13.2 Å². The molecule has 0 bridgehead atoms. The Labute approximate surface area is 119 Å². The van der Waals surface area contributed by atoms with E-state index in [0.29, 0.717) is 5.75 Å². The average Bonchev–Trinajstić information content (AvgIpc) is 2.41. The van der Waals surface area contributed by atoms with Gasteiger partial charge in [0.2, 0.25) is 0 Å². The van der Waals surface area contributed by atoms with Crippen molar-refractivity contribution in [2.24, 2.45) is 0 Å². The van der Waals surface area contributed by atoms with Crippen LogP contribution in [0, 0.1) is 0 Å². The van der Waals surface area contributed by atoms with Gasteiger partial charge in [-0.25, -0.2) is 13.4 Å². The summed E-state index contributed by atoms with van der Waals surface area (Å²) in [5.74, 6) is 0.861. The lowest BCUT2D eigenvalue weighted by molar-refractivity contribution is 0.414. The van der Waals surface area contributed by atoms with Gasteiger partial charge in [-0.05, 0) is 52.3 Å². The van der Waals surface area contributed by atoms with Crippen LogP contribution in [0.3, 0.4) is 0 Å². The summed E-state index contributed by atoms with van der Waals surface area (Å²) < 4.78 is 32.3. The first-order valence-electron chi connectivity index (χ1n) is 5.30. The van der Waals surface area contributed by atoms with Gasteiger partial charge in [-0.15, -0.1) is 0 Å². The van der Waals surface area contributed by atoms with Crippen molar-refractivity contribution in [3.63, 3.8) is 0 Å². The molecule has 1 aromatic heterocycles. The van der Waals surface area contributed by atoms with Gasteiger partial charge in [-0.1, -0.05) is 0 Å². The zero-order valence-electron chi connectivity index (χ0n) is 10.00. The normalized spacial score (nSPS) is 11.1. The Morgan fingerprint density at radius 1 is 1.16 bits per heavy atom. The highest BCUT2D eigenvalue weighted by Crippen LogP contribution is 2.18. The molecule has 0 unspecified atom stereocenters. The molecular formula is C12H11BrN2O3S. The molecule has 0 aliphatic rings. The van der Waals surface area contributed by atoms with Crippen molar-refractivity contribution in [3.8, 4) is 5.75 Å². The summed E-state index contributed by atoms with van der Waals surface area (Å²) in [6.45, 7) is 0. The SMILES string of the molecule is COc1ccc(S(=O)(=O)Nc2ccc(Br)cn2)cc1. The molecule has 0 atom stereocenters. The van der Waals surface area contributed by atoms with E-state index in [1.54, 1.807) is 24.3 Å². The molecule has 0 saturated carbocycles. The first kappa shape index (κ1) is 13.8. The average molecular weight is 343 g/mol. The predicted molar refractivity (Wildman–Crippen MR) is 75.7 cm³/mol. The fourth-order valence-corrected chi connectivity index (χ4v) is 2.63. The first-order chi connectivity index (χ1) is 9.01. The van der Waals surface area contributed by atoms with Crippen molar-refractivity contribution >= 4 is 31.8 Å². The van der Waals surface area contributed by atoms with Crippen molar-refractivity contribution in [3.05, 3.63) is 47.1 Å². The highest BCUT2D eigenvalue weighted by molar-refractivity contribution is 9.10. The van der Waals surface area contributed by atoms with Crippen molar-refractivity contribution in [2.45, 2.75) is 4.90 Å². The zero-order chi connectivity index (χ0) is 13.9. The lowest BCUT2D eigenvalue weighted by atomic mass is 10.3. The smallest absolute Gasteiger partial charge is 0.263 e. The van der Waals surface area contributed by atoms with Gasteiger partial charge in [0.1, 0.15) is 11.6 Å². The third-order valence-electron chi connectivity index (χ3n) is 2.34. The van der Waals surface area contributed by atoms with Gasteiger partial charge in [0.25, 0.3) is 10.0 Å². The molecule has 0 amide bonds. The number of methoxy groups -OCH3 is 1. The third-order valence-corrected chi connectivity index (χ3v) is 4.18. The third kappa shape index (κ3) is 3.45. The molecule has 1 aromatic carbocycles. The molecule has 0 aliphatic carbocycles. The number of benzene rings is 1. The Morgan fingerprint density at radius 2 is 1.84 bits per heavy atom. The Morgan fingerprint density at radius 3 is 2.37 bits per heavy atom. The summed E-state index contributed by atoms with van der Waals surface area (Å²) in [6, 6.07) is 9.40. The summed E-state index contributed by atoms with van der Waals surface area (Å²) in [5.41, 5.74) is 0. The minimum Gasteiger partial charge on any atom is -0.497 e. The Bertz CT molecular complexity index is 654. The van der Waals surface area contributed by atoms with E-state index in [1.165, 1.54) is 25.4 Å². The van der Waals surface area contributed by atoms with Crippen LogP contribution in [0.15, 0.2) is 52.0 Å². The van der Waals surface area contributed by atoms with E-state index < -0.39 is 10.0 Å². The molecule has 2 aromatic rings. The summed E-state index contributed by atoms with van der Waals surface area (Å²) in [6.07, 6.45) is 1.52. The van der Waals surface area contributed by atoms with E-state index in [0.717, 1.165) is 4.47 Å². The fraction of sp³-hybridized carbons (Fsp3) is 0.0833. The maximum Gasteiger partial charge on any atom is 0.263 e. The standard InChI is InChI=1S/C12H11BrN2O3S/c1-18-10-3-5-11(6-4-10)19(16,17)15-12-7-2-9(13)8-14-12/h2-8H,1H3,(H,14,15). The van der Waals surface area contributed by atoms with Crippen LogP contribution in [0.4, 0.5) is 5.82 Å². The van der Waals surface area contributed by atoms with Gasteiger partial charge in [-0.3, -0.25) is 4.72 Å². The molecule has 0 radical (unpaired) electrons. The maximum absolute atomic E-state index is 12.1. The van der Waals surface area contributed by atoms with Crippen LogP contribution in [0.5, 0.6) is 5.75 Å². The second kappa shape index (κ2) is 5.58. The van der Waals surface area contributed by atoms with Crippen LogP contribution in [0.1, 0.15) is 0 Å². The van der Waals surface area contributed by atoms with Crippen molar-refractivity contribution in [1.29, 1.82) is 0 Å². The van der Waals surface area contributed by atoms with Crippen LogP contribution >= 0.6 is 15.9 Å². The number of pyridine rings is 1. The van der Waals surface area contributed by atoms with E-state index in [2.05, 4.69) is 25.6 Å². The van der Waals surface area contributed by atoms with E-state index in [1.807, 2.05) is 0 Å². The van der Waals surface area contributed by atoms with Gasteiger partial charge < -0.3 is 4.74 Å². The predicted octanol–water partition coefficient (Wildman–Crippen LogP) is 2.65. The molecule has 1 N–H and O–H groups in total. The first-order valence-corrected chi connectivity index (χ1v) is 7.57. The summed E-state index contributed by atoms with van der Waals surface area (Å²) in [5, 5.41) is 0. The molecule has 0 fully saturated rings. The van der Waals surface area contributed by atoms with Crippen molar-refractivity contribution in [1.82, 2.24) is 4.98 Å². The zero-order valence-corrected chi connectivity index (χ0v) is 12.4. The largest absolute Gasteiger partial charge is 0.497 e. The van der Waals surface area contributed by atoms with Gasteiger partial charge in [0, 0.05) is 10.7 Å². The summed E-state index contributed by atoms with van der Waals surface area (Å²) >= 11 is 3.23. The van der Waals surface area contributed by atoms with Gasteiger partial charge in [0.05, 0.1) is 12.0 Å². The number of sulfonamides is 1. The van der Waals surface area contributed by atoms with E-state index in [4.69, 9.17) is 4.74 Å². The molecule has 100 valence electrons. The molecule has 0 saturated heterocycles. The molecule has 0 spiro atoms. The number of anilines is 1. The number of rotatable bonds is 4. The van der Waals surface area contributed by atoms with Gasteiger partial charge >= 0.3 is 0 Å². The highest BCUT2D eigenvalue weighted by Gasteiger charge is 2.14. The van der Waals surface area contributed by atoms with Gasteiger partial charge in [-0.2, -0.15) is 0 Å². The molecule has 7 heteroatoms. The number of nitrogens with one attached hydrogen (secondary N) is 1. The fourth-order valence-electron chi connectivity index (χ4n) is 1.39. The highest BCUT2D eigenvalue weighted by atomic mass is 79.9. The maximum atomic E-state index is 12.1. The van der Waals surface area contributed by atoms with Crippen LogP contribution in [-0.2, 0) is 10.0 Å². The molecule has 2 rings (SSSR count). The minimum atomic E-state index is -3.63. The van der Waals surface area contributed by atoms with E-state index in [-0.39, 0.29) is 10.7 Å². The number of ether oxygens (including phenoxy) is 1.